The van der Waals surface area contributed by atoms with E-state index < -0.39 is 16.5 Å². The van der Waals surface area contributed by atoms with Crippen molar-refractivity contribution in [1.29, 1.82) is 0 Å². The molecule has 1 aromatic heterocycles. The fraction of sp³-hybridized carbons (Fsp3) is 0.200. The topological polar surface area (TPSA) is 76.3 Å². The normalized spacial score (nSPS) is 9.76. The van der Waals surface area contributed by atoms with Crippen LogP contribution in [0.2, 0.25) is 5.15 Å². The van der Waals surface area contributed by atoms with Crippen molar-refractivity contribution in [1.82, 2.24) is 9.88 Å². The molecule has 1 amide bonds. The molecule has 0 fully saturated rings. The number of halogens is 1. The van der Waals surface area contributed by atoms with Gasteiger partial charge < -0.3 is 4.90 Å². The highest BCUT2D eigenvalue weighted by Crippen LogP contribution is 2.26. The van der Waals surface area contributed by atoms with Crippen LogP contribution < -0.4 is 0 Å². The van der Waals surface area contributed by atoms with Crippen LogP contribution in [0.4, 0.5) is 5.69 Å². The molecule has 0 saturated carbocycles. The van der Waals surface area contributed by atoms with Gasteiger partial charge in [0.05, 0.1) is 4.92 Å². The molecule has 7 heteroatoms. The van der Waals surface area contributed by atoms with E-state index >= 15 is 0 Å². The van der Waals surface area contributed by atoms with Crippen molar-refractivity contribution in [3.05, 3.63) is 45.7 Å². The molecule has 1 heterocycles. The Balaban J connectivity index is 3.22. The third-order valence-corrected chi connectivity index (χ3v) is 2.32. The Labute approximate surface area is 103 Å². The Morgan fingerprint density at radius 1 is 1.76 bits per heavy atom. The number of likely N-dealkylation sites (N-methyl/N-ethyl adjacent to an activating group) is 1. The lowest BCUT2D eigenvalue weighted by Gasteiger charge is -2.14. The Kier molecular flexibility index (Phi) is 4.17. The summed E-state index contributed by atoms with van der Waals surface area (Å²) < 4.78 is 0. The highest BCUT2D eigenvalue weighted by Gasteiger charge is 2.26. The summed E-state index contributed by atoms with van der Waals surface area (Å²) in [4.78, 5) is 26.9. The Bertz CT molecular complexity index is 476. The number of carbonyl (C=O) groups excluding carboxylic acids is 1. The van der Waals surface area contributed by atoms with E-state index in [1.54, 1.807) is 0 Å². The number of hydrogen-bond donors (Lipinski definition) is 0. The maximum Gasteiger partial charge on any atom is 0.319 e. The first-order valence-corrected chi connectivity index (χ1v) is 5.02. The summed E-state index contributed by atoms with van der Waals surface area (Å²) in [6.45, 7) is 3.77. The number of carbonyl (C=O) groups is 1. The Hall–Kier alpha value is -1.95. The van der Waals surface area contributed by atoms with E-state index in [9.17, 15) is 14.9 Å². The number of nitrogens with zero attached hydrogens (tertiary/aromatic N) is 3. The third kappa shape index (κ3) is 2.79. The molecule has 0 radical (unpaired) electrons. The Morgan fingerprint density at radius 2 is 2.41 bits per heavy atom. The summed E-state index contributed by atoms with van der Waals surface area (Å²) in [7, 11) is 1.52. The van der Waals surface area contributed by atoms with Gasteiger partial charge in [-0.1, -0.05) is 17.7 Å². The number of pyridine rings is 1. The lowest BCUT2D eigenvalue weighted by molar-refractivity contribution is -0.385. The molecule has 0 spiro atoms. The van der Waals surface area contributed by atoms with Gasteiger partial charge in [-0.2, -0.15) is 0 Å². The van der Waals surface area contributed by atoms with E-state index in [0.29, 0.717) is 0 Å². The standard InChI is InChI=1S/C10H10ClN3O3/c1-3-6-13(2)10(15)7-4-5-12-9(11)8(7)14(16)17/h3-5H,1,6H2,2H3. The molecule has 0 atom stereocenters. The molecule has 0 aliphatic carbocycles. The van der Waals surface area contributed by atoms with Gasteiger partial charge in [0.25, 0.3) is 5.91 Å². The van der Waals surface area contributed by atoms with Gasteiger partial charge in [-0.15, -0.1) is 6.58 Å². The maximum atomic E-state index is 11.9. The summed E-state index contributed by atoms with van der Waals surface area (Å²) in [5.74, 6) is -0.499. The molecular formula is C10H10ClN3O3. The average Bonchev–Trinajstić information content (AvgIpc) is 2.27. The molecular weight excluding hydrogens is 246 g/mol. The van der Waals surface area contributed by atoms with Crippen molar-refractivity contribution in [2.75, 3.05) is 13.6 Å². The number of rotatable bonds is 4. The maximum absolute atomic E-state index is 11.9. The fourth-order valence-corrected chi connectivity index (χ4v) is 1.48. The zero-order chi connectivity index (χ0) is 13.0. The van der Waals surface area contributed by atoms with Gasteiger partial charge in [0.15, 0.2) is 0 Å². The van der Waals surface area contributed by atoms with E-state index in [-0.39, 0.29) is 17.3 Å². The van der Waals surface area contributed by atoms with Crippen LogP contribution >= 0.6 is 11.6 Å². The molecule has 6 nitrogen and oxygen atoms in total. The minimum Gasteiger partial charge on any atom is -0.338 e. The largest absolute Gasteiger partial charge is 0.338 e. The number of hydrogen-bond acceptors (Lipinski definition) is 4. The summed E-state index contributed by atoms with van der Waals surface area (Å²) in [6, 6.07) is 1.27. The molecule has 0 aliphatic rings. The van der Waals surface area contributed by atoms with Crippen molar-refractivity contribution < 1.29 is 9.72 Å². The van der Waals surface area contributed by atoms with Gasteiger partial charge >= 0.3 is 5.69 Å². The Morgan fingerprint density at radius 3 is 2.94 bits per heavy atom. The number of aromatic nitrogens is 1. The number of nitro groups is 1. The van der Waals surface area contributed by atoms with Gasteiger partial charge in [0, 0.05) is 19.8 Å². The molecule has 0 aliphatic heterocycles. The first-order valence-electron chi connectivity index (χ1n) is 4.64. The van der Waals surface area contributed by atoms with Crippen LogP contribution in [0.5, 0.6) is 0 Å². The molecule has 90 valence electrons. The minimum atomic E-state index is -0.718. The molecule has 0 aromatic carbocycles. The molecule has 0 bridgehead atoms. The summed E-state index contributed by atoms with van der Waals surface area (Å²) >= 11 is 5.61. The highest BCUT2D eigenvalue weighted by molar-refractivity contribution is 6.32. The van der Waals surface area contributed by atoms with E-state index in [1.165, 1.54) is 30.3 Å². The second-order valence-corrected chi connectivity index (χ2v) is 3.59. The molecule has 0 saturated heterocycles. The van der Waals surface area contributed by atoms with E-state index in [2.05, 4.69) is 11.6 Å². The van der Waals surface area contributed by atoms with Crippen LogP contribution in [0.3, 0.4) is 0 Å². The predicted molar refractivity (Wildman–Crippen MR) is 63.1 cm³/mol. The van der Waals surface area contributed by atoms with Gasteiger partial charge in [-0.05, 0) is 6.07 Å². The zero-order valence-electron chi connectivity index (χ0n) is 9.09. The third-order valence-electron chi connectivity index (χ3n) is 2.04. The smallest absolute Gasteiger partial charge is 0.319 e. The SMILES string of the molecule is C=CCN(C)C(=O)c1ccnc(Cl)c1[N+](=O)[O-]. The minimum absolute atomic E-state index is 0.0839. The molecule has 0 unspecified atom stereocenters. The van der Waals surface area contributed by atoms with Crippen molar-refractivity contribution in [3.63, 3.8) is 0 Å². The second-order valence-electron chi connectivity index (χ2n) is 3.23. The van der Waals surface area contributed by atoms with Gasteiger partial charge in [0.1, 0.15) is 5.56 Å². The van der Waals surface area contributed by atoms with Gasteiger partial charge in [-0.3, -0.25) is 14.9 Å². The molecule has 0 N–H and O–H groups in total. The van der Waals surface area contributed by atoms with Gasteiger partial charge in [0.2, 0.25) is 5.15 Å². The van der Waals surface area contributed by atoms with Crippen molar-refractivity contribution in [3.8, 4) is 0 Å². The average molecular weight is 256 g/mol. The van der Waals surface area contributed by atoms with Crippen molar-refractivity contribution in [2.45, 2.75) is 0 Å². The molecule has 17 heavy (non-hydrogen) atoms. The second kappa shape index (κ2) is 5.40. The summed E-state index contributed by atoms with van der Waals surface area (Å²) in [5, 5.41) is 10.5. The van der Waals surface area contributed by atoms with Crippen LogP contribution in [0.25, 0.3) is 0 Å². The number of amides is 1. The lowest BCUT2D eigenvalue weighted by atomic mass is 10.2. The van der Waals surface area contributed by atoms with Crippen LogP contribution in [0.15, 0.2) is 24.9 Å². The first kappa shape index (κ1) is 13.1. The lowest BCUT2D eigenvalue weighted by Crippen LogP contribution is -2.27. The molecule has 1 rings (SSSR count). The summed E-state index contributed by atoms with van der Waals surface area (Å²) in [5.41, 5.74) is -0.561. The van der Waals surface area contributed by atoms with E-state index in [1.807, 2.05) is 0 Å². The van der Waals surface area contributed by atoms with Gasteiger partial charge in [-0.25, -0.2) is 4.98 Å². The van der Waals surface area contributed by atoms with E-state index in [0.717, 1.165) is 0 Å². The van der Waals surface area contributed by atoms with Crippen LogP contribution in [-0.2, 0) is 0 Å². The van der Waals surface area contributed by atoms with Crippen LogP contribution in [0, 0.1) is 10.1 Å². The quantitative estimate of drug-likeness (QED) is 0.356. The van der Waals surface area contributed by atoms with Crippen molar-refractivity contribution in [2.24, 2.45) is 0 Å². The first-order chi connectivity index (χ1) is 7.99. The predicted octanol–water partition coefficient (Wildman–Crippen LogP) is 1.90. The van der Waals surface area contributed by atoms with Crippen LogP contribution in [0.1, 0.15) is 10.4 Å². The van der Waals surface area contributed by atoms with Crippen LogP contribution in [-0.4, -0.2) is 34.3 Å². The highest BCUT2D eigenvalue weighted by atomic mass is 35.5. The monoisotopic (exact) mass is 255 g/mol. The molecule has 1 aromatic rings. The van der Waals surface area contributed by atoms with E-state index in [4.69, 9.17) is 11.6 Å². The fourth-order valence-electron chi connectivity index (χ4n) is 1.26. The van der Waals surface area contributed by atoms with Crippen molar-refractivity contribution >= 4 is 23.2 Å². The zero-order valence-corrected chi connectivity index (χ0v) is 9.85. The summed E-state index contributed by atoms with van der Waals surface area (Å²) in [6.07, 6.45) is 2.77.